The quantitative estimate of drug-likeness (QED) is 0.807. The van der Waals surface area contributed by atoms with Gasteiger partial charge in [0.25, 0.3) is 0 Å². The number of hydrogen-bond acceptors (Lipinski definition) is 3. The van der Waals surface area contributed by atoms with Crippen LogP contribution in [0.5, 0.6) is 0 Å². The lowest BCUT2D eigenvalue weighted by molar-refractivity contribution is 0.766. The Labute approximate surface area is 104 Å². The first-order valence-corrected chi connectivity index (χ1v) is 7.13. The van der Waals surface area contributed by atoms with Gasteiger partial charge in [-0.25, -0.2) is 4.98 Å². The molecule has 1 rings (SSSR count). The van der Waals surface area contributed by atoms with Gasteiger partial charge in [-0.15, -0.1) is 0 Å². The van der Waals surface area contributed by atoms with Crippen molar-refractivity contribution in [2.75, 3.05) is 16.8 Å². The maximum Gasteiger partial charge on any atom is 0.140 e. The highest BCUT2D eigenvalue weighted by molar-refractivity contribution is 9.10. The summed E-state index contributed by atoms with van der Waals surface area (Å²) in [7, 11) is 0. The van der Waals surface area contributed by atoms with Crippen molar-refractivity contribution < 1.29 is 0 Å². The minimum absolute atomic E-state index is 0.468. The molecule has 84 valence electrons. The maximum absolute atomic E-state index is 4.28. The van der Waals surface area contributed by atoms with Gasteiger partial charge in [-0.1, -0.05) is 6.92 Å². The van der Waals surface area contributed by atoms with E-state index in [-0.39, 0.29) is 0 Å². The van der Waals surface area contributed by atoms with E-state index in [1.165, 1.54) is 17.9 Å². The molecule has 0 aliphatic rings. The third-order valence-corrected chi connectivity index (χ3v) is 3.61. The lowest BCUT2D eigenvalue weighted by Crippen LogP contribution is -2.17. The van der Waals surface area contributed by atoms with Gasteiger partial charge in [-0.3, -0.25) is 0 Å². The summed E-state index contributed by atoms with van der Waals surface area (Å²) in [6.45, 7) is 4.38. The Hall–Kier alpha value is -0.220. The zero-order valence-electron chi connectivity index (χ0n) is 9.16. The second-order valence-corrected chi connectivity index (χ2v) is 5.61. The summed E-state index contributed by atoms with van der Waals surface area (Å²) in [5.41, 5.74) is 0. The molecule has 2 nitrogen and oxygen atoms in total. The largest absolute Gasteiger partial charge is 0.367 e. The molecule has 1 atom stereocenters. The van der Waals surface area contributed by atoms with E-state index >= 15 is 0 Å². The second-order valence-electron chi connectivity index (χ2n) is 3.36. The minimum atomic E-state index is 0.468. The molecule has 0 radical (unpaired) electrons. The van der Waals surface area contributed by atoms with E-state index in [1.807, 2.05) is 23.9 Å². The van der Waals surface area contributed by atoms with Crippen molar-refractivity contribution in [1.29, 1.82) is 0 Å². The molecule has 0 aromatic carbocycles. The Bertz CT molecular complexity index is 294. The average Bonchev–Trinajstić information content (AvgIpc) is 2.22. The molecule has 0 bridgehead atoms. The molecule has 1 unspecified atom stereocenters. The molecule has 0 aliphatic heterocycles. The Morgan fingerprint density at radius 3 is 3.07 bits per heavy atom. The second kappa shape index (κ2) is 7.12. The van der Waals surface area contributed by atoms with Crippen molar-refractivity contribution in [1.82, 2.24) is 4.98 Å². The van der Waals surface area contributed by atoms with E-state index in [0.29, 0.717) is 6.04 Å². The Morgan fingerprint density at radius 2 is 2.40 bits per heavy atom. The molecule has 0 fully saturated rings. The maximum atomic E-state index is 4.28. The monoisotopic (exact) mass is 288 g/mol. The first-order valence-electron chi connectivity index (χ1n) is 5.18. The van der Waals surface area contributed by atoms with Crippen molar-refractivity contribution in [3.63, 3.8) is 0 Å². The highest BCUT2D eigenvalue weighted by atomic mass is 79.9. The molecule has 15 heavy (non-hydrogen) atoms. The van der Waals surface area contributed by atoms with Gasteiger partial charge in [0.15, 0.2) is 0 Å². The van der Waals surface area contributed by atoms with Crippen LogP contribution in [0, 0.1) is 0 Å². The van der Waals surface area contributed by atoms with Crippen LogP contribution in [0.3, 0.4) is 0 Å². The predicted molar refractivity (Wildman–Crippen MR) is 72.6 cm³/mol. The number of nitrogens with one attached hydrogen (secondary N) is 1. The molecule has 1 aromatic heterocycles. The normalized spacial score (nSPS) is 12.5. The summed E-state index contributed by atoms with van der Waals surface area (Å²) in [5.74, 6) is 3.33. The van der Waals surface area contributed by atoms with E-state index < -0.39 is 0 Å². The van der Waals surface area contributed by atoms with Crippen LogP contribution >= 0.6 is 27.7 Å². The Kier molecular flexibility index (Phi) is 6.10. The molecule has 0 spiro atoms. The number of hydrogen-bond donors (Lipinski definition) is 1. The molecule has 1 aromatic rings. The van der Waals surface area contributed by atoms with E-state index in [9.17, 15) is 0 Å². The van der Waals surface area contributed by atoms with Crippen LogP contribution in [0.4, 0.5) is 5.82 Å². The summed E-state index contributed by atoms with van der Waals surface area (Å²) in [4.78, 5) is 4.28. The van der Waals surface area contributed by atoms with Crippen LogP contribution < -0.4 is 5.32 Å². The minimum Gasteiger partial charge on any atom is -0.367 e. The molecular formula is C11H17BrN2S. The van der Waals surface area contributed by atoms with Crippen molar-refractivity contribution >= 4 is 33.5 Å². The summed E-state index contributed by atoms with van der Waals surface area (Å²) < 4.78 is 1.03. The van der Waals surface area contributed by atoms with Crippen LogP contribution in [-0.2, 0) is 0 Å². The van der Waals surface area contributed by atoms with Gasteiger partial charge in [0.2, 0.25) is 0 Å². The average molecular weight is 289 g/mol. The smallest absolute Gasteiger partial charge is 0.140 e. The lowest BCUT2D eigenvalue weighted by Gasteiger charge is -2.14. The van der Waals surface area contributed by atoms with Crippen molar-refractivity contribution in [2.24, 2.45) is 0 Å². The predicted octanol–water partition coefficient (Wildman–Crippen LogP) is 3.79. The van der Waals surface area contributed by atoms with E-state index in [4.69, 9.17) is 0 Å². The third kappa shape index (κ3) is 4.89. The van der Waals surface area contributed by atoms with E-state index in [2.05, 4.69) is 40.1 Å². The first kappa shape index (κ1) is 12.8. The van der Waals surface area contributed by atoms with Gasteiger partial charge in [0.05, 0.1) is 4.47 Å². The van der Waals surface area contributed by atoms with Gasteiger partial charge in [0.1, 0.15) is 5.82 Å². The Morgan fingerprint density at radius 1 is 1.60 bits per heavy atom. The number of aromatic nitrogens is 1. The molecule has 0 aliphatic carbocycles. The van der Waals surface area contributed by atoms with E-state index in [1.54, 1.807) is 6.20 Å². The fourth-order valence-corrected chi connectivity index (χ4v) is 2.38. The topological polar surface area (TPSA) is 24.9 Å². The molecule has 1 heterocycles. The number of thioether (sulfide) groups is 1. The van der Waals surface area contributed by atoms with Gasteiger partial charge >= 0.3 is 0 Å². The third-order valence-electron chi connectivity index (χ3n) is 2.04. The van der Waals surface area contributed by atoms with Gasteiger partial charge in [-0.2, -0.15) is 11.8 Å². The van der Waals surface area contributed by atoms with Crippen molar-refractivity contribution in [2.45, 2.75) is 26.3 Å². The van der Waals surface area contributed by atoms with Crippen LogP contribution in [-0.4, -0.2) is 22.5 Å². The van der Waals surface area contributed by atoms with Crippen LogP contribution in [0.15, 0.2) is 22.8 Å². The van der Waals surface area contributed by atoms with Crippen LogP contribution in [0.1, 0.15) is 20.3 Å². The Balaban J connectivity index is 2.37. The first-order chi connectivity index (χ1) is 7.24. The lowest BCUT2D eigenvalue weighted by atomic mass is 10.2. The highest BCUT2D eigenvalue weighted by Gasteiger charge is 2.04. The van der Waals surface area contributed by atoms with Gasteiger partial charge in [-0.05, 0) is 52.9 Å². The zero-order valence-corrected chi connectivity index (χ0v) is 11.6. The van der Waals surface area contributed by atoms with Crippen LogP contribution in [0.25, 0.3) is 0 Å². The number of nitrogens with zero attached hydrogens (tertiary/aromatic N) is 1. The number of rotatable bonds is 6. The summed E-state index contributed by atoms with van der Waals surface area (Å²) >= 11 is 5.46. The number of anilines is 1. The van der Waals surface area contributed by atoms with Crippen molar-refractivity contribution in [3.8, 4) is 0 Å². The standard InChI is InChI=1S/C11H17BrN2S/c1-3-15-8-6-9(2)14-11-10(12)5-4-7-13-11/h4-5,7,9H,3,6,8H2,1-2H3,(H,13,14). The summed E-state index contributed by atoms with van der Waals surface area (Å²) in [5, 5.41) is 3.40. The molecule has 0 saturated heterocycles. The molecule has 0 saturated carbocycles. The fourth-order valence-electron chi connectivity index (χ4n) is 1.20. The zero-order chi connectivity index (χ0) is 11.1. The number of pyridine rings is 1. The molecule has 0 amide bonds. The van der Waals surface area contributed by atoms with Gasteiger partial charge < -0.3 is 5.32 Å². The van der Waals surface area contributed by atoms with Gasteiger partial charge in [0, 0.05) is 12.2 Å². The highest BCUT2D eigenvalue weighted by Crippen LogP contribution is 2.19. The molecule has 1 N–H and O–H groups in total. The SMILES string of the molecule is CCSCCC(C)Nc1ncccc1Br. The summed E-state index contributed by atoms with van der Waals surface area (Å²) in [6.07, 6.45) is 2.97. The molecular weight excluding hydrogens is 272 g/mol. The van der Waals surface area contributed by atoms with Crippen molar-refractivity contribution in [3.05, 3.63) is 22.8 Å². The van der Waals surface area contributed by atoms with E-state index in [0.717, 1.165) is 10.3 Å². The fraction of sp³-hybridized carbons (Fsp3) is 0.545. The molecule has 4 heteroatoms. The van der Waals surface area contributed by atoms with Crippen LogP contribution in [0.2, 0.25) is 0 Å². The number of halogens is 1. The summed E-state index contributed by atoms with van der Waals surface area (Å²) in [6, 6.07) is 4.39.